The van der Waals surface area contributed by atoms with E-state index in [0.29, 0.717) is 17.7 Å². The number of rotatable bonds is 5. The largest absolute Gasteiger partial charge is 0.302 e. The Balaban J connectivity index is 1.98. The van der Waals surface area contributed by atoms with Crippen LogP contribution in [0, 0.1) is 5.92 Å². The Bertz CT molecular complexity index is 264. The molecule has 0 aliphatic heterocycles. The second kappa shape index (κ2) is 5.51. The van der Waals surface area contributed by atoms with Gasteiger partial charge in [0.1, 0.15) is 0 Å². The predicted molar refractivity (Wildman–Crippen MR) is 71.1 cm³/mol. The van der Waals surface area contributed by atoms with Crippen LogP contribution in [0.4, 0.5) is 0 Å². The van der Waals surface area contributed by atoms with Crippen molar-refractivity contribution in [1.29, 1.82) is 0 Å². The summed E-state index contributed by atoms with van der Waals surface area (Å²) in [5.74, 6) is 0.832. The van der Waals surface area contributed by atoms with Crippen LogP contribution in [0.2, 0.25) is 0 Å². The summed E-state index contributed by atoms with van der Waals surface area (Å²) in [6.07, 6.45) is 10.9. The van der Waals surface area contributed by atoms with Crippen LogP contribution < -0.4 is 5.32 Å². The smallest absolute Gasteiger partial charge is 0.155 e. The number of carbonyl (C=O) groups is 1. The van der Waals surface area contributed by atoms with Crippen molar-refractivity contribution in [3.63, 3.8) is 0 Å². The van der Waals surface area contributed by atoms with Gasteiger partial charge >= 0.3 is 0 Å². The zero-order valence-corrected chi connectivity index (χ0v) is 11.4. The summed E-state index contributed by atoms with van der Waals surface area (Å²) in [5.41, 5.74) is -0.260. The van der Waals surface area contributed by atoms with Gasteiger partial charge in [0.15, 0.2) is 5.78 Å². The van der Waals surface area contributed by atoms with Crippen LogP contribution in [0.25, 0.3) is 0 Å². The lowest BCUT2D eigenvalue weighted by Gasteiger charge is -2.34. The zero-order valence-electron chi connectivity index (χ0n) is 11.4. The predicted octanol–water partition coefficient (Wildman–Crippen LogP) is 3.45. The van der Waals surface area contributed by atoms with Crippen LogP contribution in [-0.4, -0.2) is 17.4 Å². The monoisotopic (exact) mass is 237 g/mol. The first-order valence-electron chi connectivity index (χ1n) is 7.48. The Morgan fingerprint density at radius 1 is 1.12 bits per heavy atom. The van der Waals surface area contributed by atoms with Crippen molar-refractivity contribution in [2.45, 2.75) is 83.2 Å². The van der Waals surface area contributed by atoms with Gasteiger partial charge in [0.05, 0.1) is 5.54 Å². The molecule has 2 aliphatic rings. The van der Waals surface area contributed by atoms with E-state index in [4.69, 9.17) is 0 Å². The van der Waals surface area contributed by atoms with E-state index < -0.39 is 0 Å². The fourth-order valence-corrected chi connectivity index (χ4v) is 3.51. The van der Waals surface area contributed by atoms with Crippen molar-refractivity contribution >= 4 is 5.78 Å². The topological polar surface area (TPSA) is 29.1 Å². The van der Waals surface area contributed by atoms with Crippen molar-refractivity contribution in [3.8, 4) is 0 Å². The normalized spacial score (nSPS) is 26.2. The van der Waals surface area contributed by atoms with Gasteiger partial charge < -0.3 is 5.32 Å². The molecule has 17 heavy (non-hydrogen) atoms. The zero-order chi connectivity index (χ0) is 12.3. The summed E-state index contributed by atoms with van der Waals surface area (Å²) in [4.78, 5) is 12.6. The molecule has 2 aliphatic carbocycles. The van der Waals surface area contributed by atoms with E-state index in [1.165, 1.54) is 38.5 Å². The molecule has 2 fully saturated rings. The van der Waals surface area contributed by atoms with Crippen LogP contribution in [0.1, 0.15) is 71.6 Å². The van der Waals surface area contributed by atoms with Gasteiger partial charge in [-0.05, 0) is 39.0 Å². The van der Waals surface area contributed by atoms with Crippen molar-refractivity contribution in [2.24, 2.45) is 5.92 Å². The molecule has 1 N–H and O–H groups in total. The average Bonchev–Trinajstić information content (AvgIpc) is 3.00. The summed E-state index contributed by atoms with van der Waals surface area (Å²) in [6.45, 7) is 4.28. The second-order valence-corrected chi connectivity index (χ2v) is 6.16. The van der Waals surface area contributed by atoms with E-state index in [1.54, 1.807) is 0 Å². The van der Waals surface area contributed by atoms with E-state index in [2.05, 4.69) is 19.2 Å². The summed E-state index contributed by atoms with van der Waals surface area (Å²) in [5, 5.41) is 3.67. The minimum atomic E-state index is -0.260. The third-order valence-electron chi connectivity index (χ3n) is 4.85. The van der Waals surface area contributed by atoms with Gasteiger partial charge in [-0.2, -0.15) is 0 Å². The molecule has 2 saturated carbocycles. The van der Waals surface area contributed by atoms with Crippen molar-refractivity contribution in [1.82, 2.24) is 5.32 Å². The highest BCUT2D eigenvalue weighted by molar-refractivity contribution is 5.90. The van der Waals surface area contributed by atoms with E-state index in [0.717, 1.165) is 19.3 Å². The summed E-state index contributed by atoms with van der Waals surface area (Å²) >= 11 is 0. The molecular formula is C15H27NO. The summed E-state index contributed by atoms with van der Waals surface area (Å²) in [7, 11) is 0. The highest BCUT2D eigenvalue weighted by atomic mass is 16.1. The van der Waals surface area contributed by atoms with Crippen LogP contribution in [0.15, 0.2) is 0 Å². The minimum Gasteiger partial charge on any atom is -0.302 e. The maximum atomic E-state index is 12.6. The first kappa shape index (κ1) is 13.1. The molecule has 0 amide bonds. The molecule has 0 aromatic carbocycles. The van der Waals surface area contributed by atoms with Gasteiger partial charge in [-0.3, -0.25) is 4.79 Å². The third kappa shape index (κ3) is 2.90. The third-order valence-corrected chi connectivity index (χ3v) is 4.85. The van der Waals surface area contributed by atoms with Crippen LogP contribution in [-0.2, 0) is 4.79 Å². The van der Waals surface area contributed by atoms with Gasteiger partial charge in [-0.15, -0.1) is 0 Å². The van der Waals surface area contributed by atoms with Crippen molar-refractivity contribution in [2.75, 3.05) is 0 Å². The maximum Gasteiger partial charge on any atom is 0.155 e. The molecule has 1 atom stereocenters. The molecule has 0 aromatic rings. The van der Waals surface area contributed by atoms with Crippen molar-refractivity contribution in [3.05, 3.63) is 0 Å². The van der Waals surface area contributed by atoms with E-state index in [1.807, 2.05) is 0 Å². The molecule has 98 valence electrons. The fourth-order valence-electron chi connectivity index (χ4n) is 3.51. The lowest BCUT2D eigenvalue weighted by atomic mass is 9.83. The summed E-state index contributed by atoms with van der Waals surface area (Å²) in [6, 6.07) is 0.588. The molecule has 0 bridgehead atoms. The van der Waals surface area contributed by atoms with Crippen molar-refractivity contribution < 1.29 is 4.79 Å². The quantitative estimate of drug-likeness (QED) is 0.793. The Labute approximate surface area is 106 Å². The average molecular weight is 237 g/mol. The number of carbonyl (C=O) groups excluding carboxylic acids is 1. The highest BCUT2D eigenvalue weighted by Crippen LogP contribution is 2.31. The van der Waals surface area contributed by atoms with Gasteiger partial charge in [0.25, 0.3) is 0 Å². The Morgan fingerprint density at radius 2 is 1.65 bits per heavy atom. The number of hydrogen-bond donors (Lipinski definition) is 1. The van der Waals surface area contributed by atoms with Gasteiger partial charge in [0, 0.05) is 12.0 Å². The standard InChI is InChI=1S/C15H27NO/c1-3-15(2,16-13-10-6-7-11-13)14(17)12-8-4-5-9-12/h12-13,16H,3-11H2,1-2H3. The molecule has 0 heterocycles. The van der Waals surface area contributed by atoms with E-state index in [9.17, 15) is 4.79 Å². The molecule has 2 rings (SSSR count). The van der Waals surface area contributed by atoms with Gasteiger partial charge in [0.2, 0.25) is 0 Å². The summed E-state index contributed by atoms with van der Waals surface area (Å²) < 4.78 is 0. The van der Waals surface area contributed by atoms with Crippen LogP contribution in [0.5, 0.6) is 0 Å². The Morgan fingerprint density at radius 3 is 2.18 bits per heavy atom. The van der Waals surface area contributed by atoms with Gasteiger partial charge in [-0.25, -0.2) is 0 Å². The first-order chi connectivity index (χ1) is 8.15. The van der Waals surface area contributed by atoms with E-state index in [-0.39, 0.29) is 5.54 Å². The SMILES string of the molecule is CCC(C)(NC1CCCC1)C(=O)C1CCCC1. The Kier molecular flexibility index (Phi) is 4.24. The number of ketones is 1. The molecular weight excluding hydrogens is 210 g/mol. The maximum absolute atomic E-state index is 12.6. The molecule has 0 saturated heterocycles. The molecule has 0 aromatic heterocycles. The number of Topliss-reactive ketones (excluding diaryl/α,β-unsaturated/α-hetero) is 1. The molecule has 2 heteroatoms. The lowest BCUT2D eigenvalue weighted by Crippen LogP contribution is -2.54. The van der Waals surface area contributed by atoms with E-state index >= 15 is 0 Å². The van der Waals surface area contributed by atoms with Crippen LogP contribution in [0.3, 0.4) is 0 Å². The molecule has 0 spiro atoms. The fraction of sp³-hybridized carbons (Fsp3) is 0.933. The second-order valence-electron chi connectivity index (χ2n) is 6.16. The highest BCUT2D eigenvalue weighted by Gasteiger charge is 2.38. The molecule has 2 nitrogen and oxygen atoms in total. The molecule has 0 radical (unpaired) electrons. The number of nitrogens with one attached hydrogen (secondary N) is 1. The number of hydrogen-bond acceptors (Lipinski definition) is 2. The van der Waals surface area contributed by atoms with Crippen LogP contribution >= 0.6 is 0 Å². The first-order valence-corrected chi connectivity index (χ1v) is 7.48. The lowest BCUT2D eigenvalue weighted by molar-refractivity contribution is -0.129. The minimum absolute atomic E-state index is 0.260. The Hall–Kier alpha value is -0.370. The molecule has 1 unspecified atom stereocenters. The van der Waals surface area contributed by atoms with Gasteiger partial charge in [-0.1, -0.05) is 32.6 Å².